The summed E-state index contributed by atoms with van der Waals surface area (Å²) in [5.74, 6) is 0.834. The standard InChI is InChI=1S/C28H37N3O3S/c1-27(2,3)23-10-7-20(8-11-23)13-15-31-16-14-21-17-24(12-9-22(21)19-31)35(32,33)30-26-18-25(34-29-26)28(4,5)6/h7-12,17-18H,13-16,19H2,1-6H3,(H,29,30). The SMILES string of the molecule is CC(C)(C)c1ccc(CCN2CCc3cc(S(=O)(=O)Nc4cc(C(C)(C)C)on4)ccc3C2)cc1. The molecule has 1 aromatic heterocycles. The molecule has 6 nitrogen and oxygen atoms in total. The fraction of sp³-hybridized carbons (Fsp3) is 0.464. The lowest BCUT2D eigenvalue weighted by molar-refractivity contribution is 0.257. The van der Waals surface area contributed by atoms with E-state index in [4.69, 9.17) is 4.52 Å². The first-order chi connectivity index (χ1) is 16.3. The highest BCUT2D eigenvalue weighted by atomic mass is 32.2. The van der Waals surface area contributed by atoms with E-state index in [1.165, 1.54) is 16.7 Å². The molecule has 0 saturated carbocycles. The summed E-state index contributed by atoms with van der Waals surface area (Å²) in [7, 11) is -3.74. The molecule has 7 heteroatoms. The van der Waals surface area contributed by atoms with Crippen LogP contribution in [0.25, 0.3) is 0 Å². The van der Waals surface area contributed by atoms with Gasteiger partial charge in [-0.3, -0.25) is 9.62 Å². The van der Waals surface area contributed by atoms with Crippen molar-refractivity contribution in [3.8, 4) is 0 Å². The molecule has 0 fully saturated rings. The Kier molecular flexibility index (Phi) is 6.86. The zero-order chi connectivity index (χ0) is 25.4. The first-order valence-corrected chi connectivity index (χ1v) is 13.7. The molecule has 0 radical (unpaired) electrons. The zero-order valence-corrected chi connectivity index (χ0v) is 22.5. The molecule has 188 valence electrons. The van der Waals surface area contributed by atoms with Crippen molar-refractivity contribution in [2.45, 2.75) is 76.7 Å². The van der Waals surface area contributed by atoms with Crippen molar-refractivity contribution >= 4 is 15.8 Å². The number of fused-ring (bicyclic) bond motifs is 1. The number of rotatable bonds is 6. The van der Waals surface area contributed by atoms with Gasteiger partial charge in [-0.25, -0.2) is 8.42 Å². The van der Waals surface area contributed by atoms with E-state index in [-0.39, 0.29) is 21.5 Å². The number of anilines is 1. The van der Waals surface area contributed by atoms with Gasteiger partial charge in [-0.1, -0.05) is 77.0 Å². The van der Waals surface area contributed by atoms with Gasteiger partial charge in [0.15, 0.2) is 5.82 Å². The van der Waals surface area contributed by atoms with Gasteiger partial charge in [-0.05, 0) is 52.6 Å². The third-order valence-corrected chi connectivity index (χ3v) is 7.96. The summed E-state index contributed by atoms with van der Waals surface area (Å²) in [4.78, 5) is 2.69. The van der Waals surface area contributed by atoms with Crippen molar-refractivity contribution in [1.29, 1.82) is 0 Å². The van der Waals surface area contributed by atoms with E-state index >= 15 is 0 Å². The Morgan fingerprint density at radius 2 is 1.66 bits per heavy atom. The van der Waals surface area contributed by atoms with Crippen molar-refractivity contribution in [3.63, 3.8) is 0 Å². The molecule has 3 aromatic rings. The maximum atomic E-state index is 13.0. The topological polar surface area (TPSA) is 75.4 Å². The van der Waals surface area contributed by atoms with E-state index in [1.54, 1.807) is 18.2 Å². The second kappa shape index (κ2) is 9.43. The molecule has 0 spiro atoms. The monoisotopic (exact) mass is 495 g/mol. The number of benzene rings is 2. The minimum absolute atomic E-state index is 0.168. The predicted molar refractivity (Wildman–Crippen MR) is 140 cm³/mol. The summed E-state index contributed by atoms with van der Waals surface area (Å²) in [5.41, 5.74) is 4.90. The highest BCUT2D eigenvalue weighted by molar-refractivity contribution is 7.92. The molecule has 2 heterocycles. The van der Waals surface area contributed by atoms with Crippen LogP contribution in [0.1, 0.15) is 69.6 Å². The lowest BCUT2D eigenvalue weighted by Gasteiger charge is -2.29. The van der Waals surface area contributed by atoms with Crippen molar-refractivity contribution in [3.05, 3.63) is 76.5 Å². The number of aromatic nitrogens is 1. The van der Waals surface area contributed by atoms with Gasteiger partial charge in [0.2, 0.25) is 0 Å². The molecule has 0 bridgehead atoms. The average molecular weight is 496 g/mol. The van der Waals surface area contributed by atoms with Crippen LogP contribution in [-0.4, -0.2) is 31.6 Å². The molecule has 35 heavy (non-hydrogen) atoms. The third-order valence-electron chi connectivity index (χ3n) is 6.60. The smallest absolute Gasteiger partial charge is 0.263 e. The first-order valence-electron chi connectivity index (χ1n) is 12.2. The van der Waals surface area contributed by atoms with E-state index in [1.807, 2.05) is 26.8 Å². The van der Waals surface area contributed by atoms with E-state index in [2.05, 4.69) is 59.8 Å². The molecule has 0 aliphatic carbocycles. The number of nitrogens with one attached hydrogen (secondary N) is 1. The Morgan fingerprint density at radius 3 is 2.29 bits per heavy atom. The molecular weight excluding hydrogens is 458 g/mol. The summed E-state index contributed by atoms with van der Waals surface area (Å²) in [6, 6.07) is 16.0. The summed E-state index contributed by atoms with van der Waals surface area (Å²) in [6.07, 6.45) is 1.84. The Hall–Kier alpha value is -2.64. The highest BCUT2D eigenvalue weighted by Gasteiger charge is 2.24. The van der Waals surface area contributed by atoms with Gasteiger partial charge >= 0.3 is 0 Å². The minimum atomic E-state index is -3.74. The van der Waals surface area contributed by atoms with E-state index in [9.17, 15) is 8.42 Å². The van der Waals surface area contributed by atoms with Crippen LogP contribution in [0.2, 0.25) is 0 Å². The molecule has 0 atom stereocenters. The molecule has 4 rings (SSSR count). The van der Waals surface area contributed by atoms with Crippen LogP contribution < -0.4 is 4.72 Å². The second-order valence-corrected chi connectivity index (χ2v) is 13.3. The van der Waals surface area contributed by atoms with Gasteiger partial charge in [0.1, 0.15) is 5.76 Å². The normalized spacial score (nSPS) is 15.1. The Bertz CT molecular complexity index is 1280. The first kappa shape index (κ1) is 25.5. The Morgan fingerprint density at radius 1 is 0.943 bits per heavy atom. The molecule has 0 amide bonds. The number of hydrogen-bond donors (Lipinski definition) is 1. The molecule has 1 N–H and O–H groups in total. The summed E-state index contributed by atoms with van der Waals surface area (Å²) in [5, 5.41) is 3.88. The van der Waals surface area contributed by atoms with Crippen LogP contribution in [-0.2, 0) is 40.2 Å². The van der Waals surface area contributed by atoms with Crippen LogP contribution in [0.5, 0.6) is 0 Å². The summed E-state index contributed by atoms with van der Waals surface area (Å²) >= 11 is 0. The lowest BCUT2D eigenvalue weighted by atomic mass is 9.86. The van der Waals surface area contributed by atoms with Gasteiger partial charge in [-0.2, -0.15) is 0 Å². The highest BCUT2D eigenvalue weighted by Crippen LogP contribution is 2.27. The van der Waals surface area contributed by atoms with Crippen LogP contribution in [0.3, 0.4) is 0 Å². The average Bonchev–Trinajstić information content (AvgIpc) is 3.25. The lowest BCUT2D eigenvalue weighted by Crippen LogP contribution is -2.32. The second-order valence-electron chi connectivity index (χ2n) is 11.6. The van der Waals surface area contributed by atoms with Gasteiger partial charge in [0.25, 0.3) is 10.0 Å². The minimum Gasteiger partial charge on any atom is -0.359 e. The summed E-state index contributed by atoms with van der Waals surface area (Å²) < 4.78 is 33.8. The van der Waals surface area contributed by atoms with Gasteiger partial charge in [0.05, 0.1) is 4.90 Å². The van der Waals surface area contributed by atoms with E-state index in [0.29, 0.717) is 5.76 Å². The number of sulfonamides is 1. The summed E-state index contributed by atoms with van der Waals surface area (Å²) in [6.45, 7) is 15.4. The molecule has 1 aliphatic heterocycles. The van der Waals surface area contributed by atoms with Gasteiger partial charge in [-0.15, -0.1) is 0 Å². The fourth-order valence-corrected chi connectivity index (χ4v) is 5.31. The maximum absolute atomic E-state index is 13.0. The van der Waals surface area contributed by atoms with Crippen LogP contribution in [0.4, 0.5) is 5.82 Å². The van der Waals surface area contributed by atoms with Crippen LogP contribution >= 0.6 is 0 Å². The van der Waals surface area contributed by atoms with Crippen molar-refractivity contribution in [2.75, 3.05) is 17.8 Å². The molecule has 1 aliphatic rings. The van der Waals surface area contributed by atoms with Gasteiger partial charge < -0.3 is 4.52 Å². The third kappa shape index (κ3) is 6.14. The molecule has 0 saturated heterocycles. The van der Waals surface area contributed by atoms with E-state index < -0.39 is 10.0 Å². The largest absolute Gasteiger partial charge is 0.359 e. The maximum Gasteiger partial charge on any atom is 0.263 e. The zero-order valence-electron chi connectivity index (χ0n) is 21.7. The van der Waals surface area contributed by atoms with Crippen molar-refractivity contribution in [1.82, 2.24) is 10.1 Å². The van der Waals surface area contributed by atoms with Crippen LogP contribution in [0.15, 0.2) is 57.9 Å². The van der Waals surface area contributed by atoms with Gasteiger partial charge in [0, 0.05) is 31.1 Å². The molecule has 0 unspecified atom stereocenters. The number of hydrogen-bond acceptors (Lipinski definition) is 5. The van der Waals surface area contributed by atoms with Crippen LogP contribution in [0, 0.1) is 0 Å². The van der Waals surface area contributed by atoms with E-state index in [0.717, 1.165) is 38.0 Å². The molecule has 2 aromatic carbocycles. The Labute approximate surface area is 209 Å². The Balaban J connectivity index is 1.38. The predicted octanol–water partition coefficient (Wildman–Crippen LogP) is 5.67. The van der Waals surface area contributed by atoms with Crippen molar-refractivity contribution < 1.29 is 12.9 Å². The fourth-order valence-electron chi connectivity index (χ4n) is 4.28. The van der Waals surface area contributed by atoms with Crippen molar-refractivity contribution in [2.24, 2.45) is 0 Å². The number of nitrogens with zero attached hydrogens (tertiary/aromatic N) is 2. The quantitative estimate of drug-likeness (QED) is 0.477. The molecular formula is C28H37N3O3S.